The Morgan fingerprint density at radius 2 is 2.14 bits per heavy atom. The van der Waals surface area contributed by atoms with E-state index in [2.05, 4.69) is 15.3 Å². The smallest absolute Gasteiger partial charge is 0.354 e. The van der Waals surface area contributed by atoms with Crippen LogP contribution in [0.3, 0.4) is 0 Å². The fourth-order valence-corrected chi connectivity index (χ4v) is 1.89. The molecule has 0 bridgehead atoms. The molecule has 0 spiro atoms. The second kappa shape index (κ2) is 5.84. The Morgan fingerprint density at radius 1 is 1.43 bits per heavy atom. The first kappa shape index (κ1) is 14.9. The van der Waals surface area contributed by atoms with Gasteiger partial charge in [-0.2, -0.15) is 0 Å². The molecule has 21 heavy (non-hydrogen) atoms. The van der Waals surface area contributed by atoms with Gasteiger partial charge in [0.2, 0.25) is 0 Å². The van der Waals surface area contributed by atoms with E-state index in [9.17, 15) is 9.59 Å². The van der Waals surface area contributed by atoms with Crippen molar-refractivity contribution in [3.05, 3.63) is 40.4 Å². The molecule has 0 saturated carbocycles. The van der Waals surface area contributed by atoms with Crippen molar-refractivity contribution < 1.29 is 19.4 Å². The molecule has 8 heteroatoms. The maximum Gasteiger partial charge on any atom is 0.354 e. The van der Waals surface area contributed by atoms with Crippen LogP contribution >= 0.6 is 11.6 Å². The second-order valence-corrected chi connectivity index (χ2v) is 4.59. The van der Waals surface area contributed by atoms with E-state index in [4.69, 9.17) is 21.4 Å². The molecule has 0 atom stereocenters. The van der Waals surface area contributed by atoms with Crippen LogP contribution in [0.25, 0.3) is 0 Å². The van der Waals surface area contributed by atoms with Crippen molar-refractivity contribution >= 4 is 29.2 Å². The van der Waals surface area contributed by atoms with Gasteiger partial charge in [-0.3, -0.25) is 4.79 Å². The lowest BCUT2D eigenvalue weighted by Crippen LogP contribution is -2.17. The zero-order chi connectivity index (χ0) is 15.6. The van der Waals surface area contributed by atoms with Crippen molar-refractivity contribution in [2.24, 2.45) is 0 Å². The van der Waals surface area contributed by atoms with Gasteiger partial charge in [0.15, 0.2) is 11.4 Å². The molecule has 0 aliphatic carbocycles. The average Bonchev–Trinajstić information content (AvgIpc) is 2.92. The molecule has 0 aliphatic rings. The highest BCUT2D eigenvalue weighted by atomic mass is 35.5. The summed E-state index contributed by atoms with van der Waals surface area (Å²) in [5, 5.41) is 12.0. The Kier molecular flexibility index (Phi) is 4.13. The first-order chi connectivity index (χ1) is 9.93. The third-order valence-electron chi connectivity index (χ3n) is 2.80. The van der Waals surface area contributed by atoms with Crippen molar-refractivity contribution in [3.8, 4) is 5.75 Å². The van der Waals surface area contributed by atoms with Gasteiger partial charge < -0.3 is 20.1 Å². The molecule has 1 aromatic carbocycles. The molecular formula is C13H12ClN3O4. The Hall–Kier alpha value is -2.54. The molecule has 0 aliphatic heterocycles. The number of anilines is 1. The van der Waals surface area contributed by atoms with Crippen LogP contribution < -0.4 is 10.1 Å². The van der Waals surface area contributed by atoms with Crippen LogP contribution in [-0.4, -0.2) is 34.1 Å². The molecule has 3 N–H and O–H groups in total. The van der Waals surface area contributed by atoms with Gasteiger partial charge in [0.1, 0.15) is 5.75 Å². The van der Waals surface area contributed by atoms with Gasteiger partial charge in [-0.25, -0.2) is 9.78 Å². The van der Waals surface area contributed by atoms with Crippen molar-refractivity contribution in [2.45, 2.75) is 6.92 Å². The standard InChI is InChI=1S/C13H12ClN3O4/c1-6-3-8(9(21-2)4-7(6)14)17-12(18)10-11(13(19)20)16-5-15-10/h3-5H,1-2H3,(H,15,16)(H,17,18)(H,19,20). The molecule has 0 fully saturated rings. The number of carbonyl (C=O) groups is 2. The van der Waals surface area contributed by atoms with Gasteiger partial charge in [0.05, 0.1) is 19.1 Å². The van der Waals surface area contributed by atoms with Gasteiger partial charge in [0.25, 0.3) is 5.91 Å². The molecule has 2 aromatic rings. The summed E-state index contributed by atoms with van der Waals surface area (Å²) in [6, 6.07) is 3.20. The zero-order valence-corrected chi connectivity index (χ0v) is 12.0. The number of H-pyrrole nitrogens is 1. The molecule has 1 heterocycles. The number of rotatable bonds is 4. The van der Waals surface area contributed by atoms with Crippen LogP contribution in [-0.2, 0) is 0 Å². The molecule has 110 valence electrons. The SMILES string of the molecule is COc1cc(Cl)c(C)cc1NC(=O)c1nc[nH]c1C(=O)O. The lowest BCUT2D eigenvalue weighted by Gasteiger charge is -2.11. The second-order valence-electron chi connectivity index (χ2n) is 4.19. The third kappa shape index (κ3) is 2.97. The summed E-state index contributed by atoms with van der Waals surface area (Å²) in [7, 11) is 1.44. The monoisotopic (exact) mass is 309 g/mol. The fraction of sp³-hybridized carbons (Fsp3) is 0.154. The van der Waals surface area contributed by atoms with Gasteiger partial charge in [-0.1, -0.05) is 11.6 Å². The van der Waals surface area contributed by atoms with Crippen molar-refractivity contribution in [1.82, 2.24) is 9.97 Å². The number of carboxylic acid groups (broad SMARTS) is 1. The first-order valence-electron chi connectivity index (χ1n) is 5.86. The lowest BCUT2D eigenvalue weighted by atomic mass is 10.2. The highest BCUT2D eigenvalue weighted by molar-refractivity contribution is 6.31. The van der Waals surface area contributed by atoms with E-state index in [1.54, 1.807) is 19.1 Å². The Bertz CT molecular complexity index is 711. The number of nitrogens with zero attached hydrogens (tertiary/aromatic N) is 1. The summed E-state index contributed by atoms with van der Waals surface area (Å²) >= 11 is 5.98. The number of carboxylic acids is 1. The maximum atomic E-state index is 12.1. The molecule has 0 unspecified atom stereocenters. The summed E-state index contributed by atoms with van der Waals surface area (Å²) < 4.78 is 5.13. The van der Waals surface area contributed by atoms with Gasteiger partial charge in [-0.15, -0.1) is 0 Å². The van der Waals surface area contributed by atoms with E-state index in [0.29, 0.717) is 16.5 Å². The van der Waals surface area contributed by atoms with E-state index in [1.807, 2.05) is 0 Å². The number of nitrogens with one attached hydrogen (secondary N) is 2. The molecule has 1 amide bonds. The van der Waals surface area contributed by atoms with Crippen LogP contribution in [0, 0.1) is 6.92 Å². The fourth-order valence-electron chi connectivity index (χ4n) is 1.74. The normalized spacial score (nSPS) is 10.2. The Labute approximate surface area is 124 Å². The lowest BCUT2D eigenvalue weighted by molar-refractivity contribution is 0.0686. The summed E-state index contributed by atoms with van der Waals surface area (Å²) in [4.78, 5) is 29.2. The predicted octanol–water partition coefficient (Wildman–Crippen LogP) is 2.33. The summed E-state index contributed by atoms with van der Waals surface area (Å²) in [5.41, 5.74) is 0.631. The highest BCUT2D eigenvalue weighted by Gasteiger charge is 2.21. The molecular weight excluding hydrogens is 298 g/mol. The van der Waals surface area contributed by atoms with Crippen LogP contribution in [0.4, 0.5) is 5.69 Å². The number of aromatic nitrogens is 2. The number of aromatic amines is 1. The number of methoxy groups -OCH3 is 1. The van der Waals surface area contributed by atoms with E-state index in [-0.39, 0.29) is 11.4 Å². The number of benzene rings is 1. The average molecular weight is 310 g/mol. The van der Waals surface area contributed by atoms with Crippen LogP contribution in [0.5, 0.6) is 5.75 Å². The Balaban J connectivity index is 2.33. The maximum absolute atomic E-state index is 12.1. The summed E-state index contributed by atoms with van der Waals surface area (Å²) in [6.45, 7) is 1.77. The minimum absolute atomic E-state index is 0.211. The number of hydrogen-bond acceptors (Lipinski definition) is 4. The van der Waals surface area contributed by atoms with Crippen LogP contribution in [0.1, 0.15) is 26.5 Å². The number of halogens is 1. The minimum Gasteiger partial charge on any atom is -0.495 e. The first-order valence-corrected chi connectivity index (χ1v) is 6.24. The van der Waals surface area contributed by atoms with Crippen LogP contribution in [0.15, 0.2) is 18.5 Å². The summed E-state index contributed by atoms with van der Waals surface area (Å²) in [6.07, 6.45) is 1.14. The van der Waals surface area contributed by atoms with Crippen molar-refractivity contribution in [3.63, 3.8) is 0 Å². The minimum atomic E-state index is -1.27. The zero-order valence-electron chi connectivity index (χ0n) is 11.2. The topological polar surface area (TPSA) is 104 Å². The van der Waals surface area contributed by atoms with Crippen LogP contribution in [0.2, 0.25) is 5.02 Å². The predicted molar refractivity (Wildman–Crippen MR) is 76.2 cm³/mol. The number of carbonyl (C=O) groups excluding carboxylic acids is 1. The van der Waals surface area contributed by atoms with Crippen molar-refractivity contribution in [1.29, 1.82) is 0 Å². The largest absolute Gasteiger partial charge is 0.495 e. The number of amides is 1. The third-order valence-corrected chi connectivity index (χ3v) is 3.20. The molecule has 1 aromatic heterocycles. The summed E-state index contributed by atoms with van der Waals surface area (Å²) in [5.74, 6) is -1.56. The number of ether oxygens (including phenoxy) is 1. The van der Waals surface area contributed by atoms with Gasteiger partial charge in [-0.05, 0) is 18.6 Å². The number of imidazole rings is 1. The number of aromatic carboxylic acids is 1. The van der Waals surface area contributed by atoms with E-state index < -0.39 is 11.9 Å². The van der Waals surface area contributed by atoms with Gasteiger partial charge >= 0.3 is 5.97 Å². The van der Waals surface area contributed by atoms with Crippen molar-refractivity contribution in [2.75, 3.05) is 12.4 Å². The number of hydrogen-bond donors (Lipinski definition) is 3. The Morgan fingerprint density at radius 3 is 2.76 bits per heavy atom. The quantitative estimate of drug-likeness (QED) is 0.804. The van der Waals surface area contributed by atoms with E-state index in [0.717, 1.165) is 11.9 Å². The molecule has 2 rings (SSSR count). The molecule has 7 nitrogen and oxygen atoms in total. The molecule has 0 radical (unpaired) electrons. The number of aryl methyl sites for hydroxylation is 1. The molecule has 0 saturated heterocycles. The van der Waals surface area contributed by atoms with E-state index >= 15 is 0 Å². The van der Waals surface area contributed by atoms with Gasteiger partial charge in [0, 0.05) is 11.1 Å². The van der Waals surface area contributed by atoms with E-state index in [1.165, 1.54) is 7.11 Å². The highest BCUT2D eigenvalue weighted by Crippen LogP contribution is 2.31.